The molecule has 0 unspecified atom stereocenters. The van der Waals surface area contributed by atoms with Crippen LogP contribution in [0.15, 0.2) is 35.5 Å². The van der Waals surface area contributed by atoms with Gasteiger partial charge in [0.25, 0.3) is 5.91 Å². The number of amides is 2. The smallest absolute Gasteiger partial charge is 0.274 e. The first-order valence-corrected chi connectivity index (χ1v) is 11.5. The molecule has 10 heteroatoms. The van der Waals surface area contributed by atoms with Crippen LogP contribution in [-0.2, 0) is 21.4 Å². The van der Waals surface area contributed by atoms with E-state index in [4.69, 9.17) is 0 Å². The lowest BCUT2D eigenvalue weighted by atomic mass is 10.0. The average molecular weight is 432 g/mol. The molecule has 2 aliphatic rings. The van der Waals surface area contributed by atoms with E-state index in [1.165, 1.54) is 19.4 Å². The maximum Gasteiger partial charge on any atom is 0.274 e. The van der Waals surface area contributed by atoms with E-state index in [1.54, 1.807) is 27.7 Å². The number of nitrogens with zero attached hydrogens (tertiary/aromatic N) is 4. The number of nitrogens with one attached hydrogen (secondary N) is 1. The second-order valence-corrected chi connectivity index (χ2v) is 9.57. The van der Waals surface area contributed by atoms with Crippen molar-refractivity contribution in [1.29, 1.82) is 0 Å². The number of imidazole rings is 1. The van der Waals surface area contributed by atoms with Gasteiger partial charge in [-0.25, -0.2) is 13.4 Å². The number of rotatable bonds is 3. The van der Waals surface area contributed by atoms with Gasteiger partial charge in [0.2, 0.25) is 15.9 Å². The van der Waals surface area contributed by atoms with Gasteiger partial charge in [-0.15, -0.1) is 0 Å². The third-order valence-corrected chi connectivity index (χ3v) is 7.64. The molecule has 1 saturated heterocycles. The highest BCUT2D eigenvalue weighted by atomic mass is 32.2. The number of piperidine rings is 1. The van der Waals surface area contributed by atoms with Crippen LogP contribution in [0, 0.1) is 0 Å². The fourth-order valence-corrected chi connectivity index (χ4v) is 5.63. The van der Waals surface area contributed by atoms with Gasteiger partial charge in [-0.1, -0.05) is 12.1 Å². The van der Waals surface area contributed by atoms with Gasteiger partial charge in [-0.05, 0) is 38.3 Å². The normalized spacial score (nSPS) is 20.7. The minimum absolute atomic E-state index is 0.0791. The lowest BCUT2D eigenvalue weighted by Crippen LogP contribution is -2.43. The third kappa shape index (κ3) is 3.39. The molecule has 30 heavy (non-hydrogen) atoms. The van der Waals surface area contributed by atoms with Crippen molar-refractivity contribution in [2.45, 2.75) is 43.7 Å². The van der Waals surface area contributed by atoms with Crippen LogP contribution in [0.4, 0.5) is 0 Å². The van der Waals surface area contributed by atoms with Crippen LogP contribution in [0.2, 0.25) is 0 Å². The number of para-hydroxylation sites is 1. The van der Waals surface area contributed by atoms with Gasteiger partial charge in [0.15, 0.2) is 5.69 Å². The van der Waals surface area contributed by atoms with Crippen molar-refractivity contribution < 1.29 is 18.0 Å². The number of hydrogen-bond acceptors (Lipinski definition) is 5. The molecule has 160 valence electrons. The zero-order valence-electron chi connectivity index (χ0n) is 17.0. The number of likely N-dealkylation sites (tertiary alicyclic amines) is 1. The molecule has 1 N–H and O–H groups in total. The van der Waals surface area contributed by atoms with E-state index in [0.29, 0.717) is 17.9 Å². The minimum atomic E-state index is -3.94. The van der Waals surface area contributed by atoms with Gasteiger partial charge >= 0.3 is 0 Å². The largest absolute Gasteiger partial charge is 0.358 e. The lowest BCUT2D eigenvalue weighted by molar-refractivity contribution is -0.120. The molecular weight excluding hydrogens is 406 g/mol. The first kappa shape index (κ1) is 20.5. The molecule has 4 rings (SSSR count). The van der Waals surface area contributed by atoms with E-state index >= 15 is 0 Å². The molecule has 1 aromatic carbocycles. The average Bonchev–Trinajstić information content (AvgIpc) is 3.13. The predicted molar refractivity (Wildman–Crippen MR) is 110 cm³/mol. The van der Waals surface area contributed by atoms with Gasteiger partial charge in [-0.2, -0.15) is 4.31 Å². The van der Waals surface area contributed by atoms with Crippen LogP contribution in [0.3, 0.4) is 0 Å². The molecule has 3 heterocycles. The number of aromatic nitrogens is 2. The van der Waals surface area contributed by atoms with Crippen LogP contribution in [0.5, 0.6) is 0 Å². The summed E-state index contributed by atoms with van der Waals surface area (Å²) >= 11 is 0. The molecule has 2 aromatic rings. The van der Waals surface area contributed by atoms with E-state index in [-0.39, 0.29) is 35.6 Å². The van der Waals surface area contributed by atoms with Crippen LogP contribution >= 0.6 is 0 Å². The number of likely N-dealkylation sites (N-methyl/N-ethyl adjacent to an activating group) is 1. The molecule has 9 nitrogen and oxygen atoms in total. The minimum Gasteiger partial charge on any atom is -0.358 e. The highest BCUT2D eigenvalue weighted by Gasteiger charge is 2.37. The van der Waals surface area contributed by atoms with Crippen molar-refractivity contribution in [3.63, 3.8) is 0 Å². The zero-order chi connectivity index (χ0) is 21.5. The second kappa shape index (κ2) is 7.84. The first-order valence-electron chi connectivity index (χ1n) is 10.0. The van der Waals surface area contributed by atoms with Crippen molar-refractivity contribution in [1.82, 2.24) is 24.1 Å². The number of carbonyl (C=O) groups is 2. The summed E-state index contributed by atoms with van der Waals surface area (Å²) < 4.78 is 29.3. The molecule has 2 aliphatic heterocycles. The van der Waals surface area contributed by atoms with Crippen molar-refractivity contribution >= 4 is 21.8 Å². The van der Waals surface area contributed by atoms with Crippen LogP contribution in [-0.4, -0.2) is 65.2 Å². The number of benzene rings is 1. The topological polar surface area (TPSA) is 105 Å². The summed E-state index contributed by atoms with van der Waals surface area (Å²) in [5.74, 6) is -0.630. The predicted octanol–water partition coefficient (Wildman–Crippen LogP) is 1.14. The molecule has 1 atom stereocenters. The number of hydrogen-bond donors (Lipinski definition) is 1. The Morgan fingerprint density at radius 1 is 1.23 bits per heavy atom. The SMILES string of the molecule is CNC(=O)CN1Cc2c(C(=O)N3CCCC[C@@H]3C)ncn2-c2ccccc2S1(=O)=O. The van der Waals surface area contributed by atoms with E-state index in [2.05, 4.69) is 10.3 Å². The maximum atomic E-state index is 13.3. The standard InChI is InChI=1S/C20H25N5O4S/c1-14-7-5-6-10-24(14)20(27)19-16-11-23(12-18(26)21-2)30(28,29)17-9-4-3-8-15(17)25(16)13-22-19/h3-4,8-9,13-14H,5-7,10-12H2,1-2H3,(H,21,26)/t14-/m0/s1. The van der Waals surface area contributed by atoms with Gasteiger partial charge < -0.3 is 10.2 Å². The van der Waals surface area contributed by atoms with Gasteiger partial charge in [0.05, 0.1) is 24.5 Å². The second-order valence-electron chi connectivity index (χ2n) is 7.67. The Morgan fingerprint density at radius 3 is 2.73 bits per heavy atom. The van der Waals surface area contributed by atoms with E-state index < -0.39 is 15.9 Å². The molecule has 0 bridgehead atoms. The van der Waals surface area contributed by atoms with E-state index in [0.717, 1.165) is 23.6 Å². The van der Waals surface area contributed by atoms with Crippen molar-refractivity contribution in [3.05, 3.63) is 42.0 Å². The highest BCUT2D eigenvalue weighted by molar-refractivity contribution is 7.89. The quantitative estimate of drug-likeness (QED) is 0.785. The Labute approximate surface area is 175 Å². The van der Waals surface area contributed by atoms with Crippen molar-refractivity contribution in [2.24, 2.45) is 0 Å². The van der Waals surface area contributed by atoms with Gasteiger partial charge in [0.1, 0.15) is 11.2 Å². The molecule has 1 fully saturated rings. The summed E-state index contributed by atoms with van der Waals surface area (Å²) in [6.07, 6.45) is 4.45. The molecule has 0 saturated carbocycles. The number of fused-ring (bicyclic) bond motifs is 3. The van der Waals surface area contributed by atoms with Crippen molar-refractivity contribution in [2.75, 3.05) is 20.1 Å². The van der Waals surface area contributed by atoms with Gasteiger partial charge in [0, 0.05) is 19.6 Å². The number of sulfonamides is 1. The molecular formula is C20H25N5O4S. The molecule has 0 radical (unpaired) electrons. The summed E-state index contributed by atoms with van der Waals surface area (Å²) in [5, 5.41) is 2.46. The summed E-state index contributed by atoms with van der Waals surface area (Å²) in [7, 11) is -2.49. The number of carbonyl (C=O) groups excluding carboxylic acids is 2. The Kier molecular flexibility index (Phi) is 5.37. The fourth-order valence-electron chi connectivity index (χ4n) is 4.09. The van der Waals surface area contributed by atoms with Gasteiger partial charge in [-0.3, -0.25) is 14.2 Å². The van der Waals surface area contributed by atoms with E-state index in [9.17, 15) is 18.0 Å². The summed E-state index contributed by atoms with van der Waals surface area (Å²) in [4.78, 5) is 31.6. The Bertz CT molecular complexity index is 1090. The Morgan fingerprint density at radius 2 is 2.00 bits per heavy atom. The summed E-state index contributed by atoms with van der Waals surface area (Å²) in [5.41, 5.74) is 1.12. The Balaban J connectivity index is 1.83. The maximum absolute atomic E-state index is 13.3. The molecule has 2 amide bonds. The molecule has 1 aromatic heterocycles. The van der Waals surface area contributed by atoms with Crippen LogP contribution in [0.1, 0.15) is 42.4 Å². The first-order chi connectivity index (χ1) is 14.3. The fraction of sp³-hybridized carbons (Fsp3) is 0.450. The van der Waals surface area contributed by atoms with E-state index in [1.807, 2.05) is 6.92 Å². The lowest BCUT2D eigenvalue weighted by Gasteiger charge is -2.33. The summed E-state index contributed by atoms with van der Waals surface area (Å²) in [6, 6.07) is 6.66. The third-order valence-electron chi connectivity index (χ3n) is 5.80. The molecule has 0 aliphatic carbocycles. The zero-order valence-corrected chi connectivity index (χ0v) is 17.9. The monoisotopic (exact) mass is 431 g/mol. The van der Waals surface area contributed by atoms with Crippen LogP contribution < -0.4 is 5.32 Å². The highest BCUT2D eigenvalue weighted by Crippen LogP contribution is 2.32. The Hall–Kier alpha value is -2.72. The van der Waals surface area contributed by atoms with Crippen LogP contribution in [0.25, 0.3) is 5.69 Å². The molecule has 0 spiro atoms. The van der Waals surface area contributed by atoms with Crippen molar-refractivity contribution in [3.8, 4) is 5.69 Å². The summed E-state index contributed by atoms with van der Waals surface area (Å²) in [6.45, 7) is 2.21.